The molecule has 0 radical (unpaired) electrons. The average Bonchev–Trinajstić information content (AvgIpc) is 2.95. The van der Waals surface area contributed by atoms with Crippen molar-refractivity contribution in [1.82, 2.24) is 10.3 Å². The number of amides is 1. The first-order valence-corrected chi connectivity index (χ1v) is 6.96. The van der Waals surface area contributed by atoms with Crippen molar-refractivity contribution in [3.63, 3.8) is 0 Å². The summed E-state index contributed by atoms with van der Waals surface area (Å²) in [6.45, 7) is 3.97. The quantitative estimate of drug-likeness (QED) is 0.630. The molecule has 1 unspecified atom stereocenters. The summed E-state index contributed by atoms with van der Waals surface area (Å²) in [5.74, 6) is 7.60. The number of benzene rings is 1. The molecule has 114 valence electrons. The van der Waals surface area contributed by atoms with E-state index in [0.717, 1.165) is 11.3 Å². The molecule has 1 N–H and O–H groups in total. The maximum Gasteiger partial charge on any atom is 0.217 e. The van der Waals surface area contributed by atoms with Gasteiger partial charge in [0.2, 0.25) is 12.3 Å². The van der Waals surface area contributed by atoms with Crippen LogP contribution in [0.3, 0.4) is 0 Å². The van der Waals surface area contributed by atoms with E-state index < -0.39 is 0 Å². The van der Waals surface area contributed by atoms with Gasteiger partial charge >= 0.3 is 0 Å². The van der Waals surface area contributed by atoms with Gasteiger partial charge in [-0.05, 0) is 31.5 Å². The number of aromatic nitrogens is 1. The van der Waals surface area contributed by atoms with E-state index in [4.69, 9.17) is 9.15 Å². The Morgan fingerprint density at radius 2 is 2.18 bits per heavy atom. The Bertz CT molecular complexity index is 665. The van der Waals surface area contributed by atoms with Crippen LogP contribution < -0.4 is 10.1 Å². The van der Waals surface area contributed by atoms with Gasteiger partial charge in [0.1, 0.15) is 24.2 Å². The second-order valence-electron chi connectivity index (χ2n) is 4.71. The van der Waals surface area contributed by atoms with Crippen molar-refractivity contribution in [2.75, 3.05) is 6.61 Å². The molecule has 0 spiro atoms. The van der Waals surface area contributed by atoms with Crippen molar-refractivity contribution in [3.8, 4) is 17.6 Å². The minimum atomic E-state index is -0.288. The number of nitrogens with one attached hydrogen (secondary N) is 1. The van der Waals surface area contributed by atoms with Gasteiger partial charge in [0, 0.05) is 6.42 Å². The molecule has 1 amide bonds. The highest BCUT2D eigenvalue weighted by atomic mass is 16.5. The number of rotatable bonds is 7. The number of hydrogen-bond acceptors (Lipinski definition) is 4. The largest absolute Gasteiger partial charge is 0.481 e. The van der Waals surface area contributed by atoms with E-state index in [1.165, 1.54) is 0 Å². The molecule has 0 saturated carbocycles. The van der Waals surface area contributed by atoms with E-state index in [-0.39, 0.29) is 6.04 Å². The summed E-state index contributed by atoms with van der Waals surface area (Å²) >= 11 is 0. The van der Waals surface area contributed by atoms with Gasteiger partial charge in [0.25, 0.3) is 0 Å². The minimum absolute atomic E-state index is 0.288. The zero-order chi connectivity index (χ0) is 15.8. The van der Waals surface area contributed by atoms with Gasteiger partial charge in [-0.15, -0.1) is 5.92 Å². The number of carbonyl (C=O) groups is 1. The Morgan fingerprint density at radius 1 is 1.41 bits per heavy atom. The molecule has 0 bridgehead atoms. The molecule has 5 heteroatoms. The van der Waals surface area contributed by atoms with Crippen LogP contribution in [0.25, 0.3) is 0 Å². The maximum atomic E-state index is 10.8. The van der Waals surface area contributed by atoms with Crippen LogP contribution in [-0.2, 0) is 11.2 Å². The molecular formula is C17H18N2O3. The highest BCUT2D eigenvalue weighted by Gasteiger charge is 2.16. The second-order valence-corrected chi connectivity index (χ2v) is 4.71. The fourth-order valence-corrected chi connectivity index (χ4v) is 1.98. The standard InChI is InChI=1S/C17H18N2O3/c1-3-4-9-21-15-7-5-14(6-8-15)10-16(19-12-20)17-18-11-13(2)22-17/h5-8,11-12,16H,9-10H2,1-2H3,(H,19,20). The summed E-state index contributed by atoms with van der Waals surface area (Å²) in [5.41, 5.74) is 1.05. The molecule has 0 saturated heterocycles. The summed E-state index contributed by atoms with van der Waals surface area (Å²) in [5, 5.41) is 2.73. The molecule has 0 aliphatic rings. The second kappa shape index (κ2) is 7.89. The van der Waals surface area contributed by atoms with Crippen LogP contribution in [0.4, 0.5) is 0 Å². The van der Waals surface area contributed by atoms with E-state index in [1.807, 2.05) is 31.2 Å². The first kappa shape index (κ1) is 15.6. The Morgan fingerprint density at radius 3 is 2.77 bits per heavy atom. The van der Waals surface area contributed by atoms with Crippen molar-refractivity contribution < 1.29 is 13.9 Å². The van der Waals surface area contributed by atoms with Crippen LogP contribution in [-0.4, -0.2) is 18.0 Å². The molecule has 1 aromatic heterocycles. The summed E-state index contributed by atoms with van der Waals surface area (Å²) in [4.78, 5) is 14.9. The van der Waals surface area contributed by atoms with E-state index in [2.05, 4.69) is 22.1 Å². The zero-order valence-electron chi connectivity index (χ0n) is 12.6. The normalized spacial score (nSPS) is 11.2. The highest BCUT2D eigenvalue weighted by Crippen LogP contribution is 2.20. The Hall–Kier alpha value is -2.74. The van der Waals surface area contributed by atoms with Gasteiger partial charge < -0.3 is 14.5 Å². The number of carbonyl (C=O) groups excluding carboxylic acids is 1. The lowest BCUT2D eigenvalue weighted by molar-refractivity contribution is -0.110. The van der Waals surface area contributed by atoms with Gasteiger partial charge in [-0.1, -0.05) is 18.1 Å². The fraction of sp³-hybridized carbons (Fsp3) is 0.294. The first-order valence-electron chi connectivity index (χ1n) is 6.96. The monoisotopic (exact) mass is 298 g/mol. The number of ether oxygens (including phenoxy) is 1. The number of oxazole rings is 1. The third-order valence-corrected chi connectivity index (χ3v) is 3.06. The van der Waals surface area contributed by atoms with Crippen LogP contribution in [0.1, 0.15) is 30.2 Å². The summed E-state index contributed by atoms with van der Waals surface area (Å²) < 4.78 is 11.0. The summed E-state index contributed by atoms with van der Waals surface area (Å²) in [6.07, 6.45) is 2.89. The van der Waals surface area contributed by atoms with Crippen LogP contribution in [0, 0.1) is 18.8 Å². The van der Waals surface area contributed by atoms with Gasteiger partial charge in [-0.3, -0.25) is 4.79 Å². The number of hydrogen-bond donors (Lipinski definition) is 1. The SMILES string of the molecule is CC#CCOc1ccc(CC(NC=O)c2ncc(C)o2)cc1. The lowest BCUT2D eigenvalue weighted by atomic mass is 10.1. The number of aryl methyl sites for hydroxylation is 1. The molecule has 5 nitrogen and oxygen atoms in total. The molecular weight excluding hydrogens is 280 g/mol. The molecule has 0 aliphatic heterocycles. The molecule has 1 heterocycles. The van der Waals surface area contributed by atoms with Crippen LogP contribution in [0.2, 0.25) is 0 Å². The molecule has 1 atom stereocenters. The van der Waals surface area contributed by atoms with Crippen molar-refractivity contribution in [2.45, 2.75) is 26.3 Å². The Labute approximate surface area is 129 Å². The molecule has 0 fully saturated rings. The summed E-state index contributed by atoms with van der Waals surface area (Å²) in [6, 6.07) is 7.37. The lowest BCUT2D eigenvalue weighted by Crippen LogP contribution is -2.22. The van der Waals surface area contributed by atoms with Gasteiger partial charge in [-0.2, -0.15) is 0 Å². The lowest BCUT2D eigenvalue weighted by Gasteiger charge is -2.13. The third kappa shape index (κ3) is 4.38. The Kier molecular flexibility index (Phi) is 5.61. The highest BCUT2D eigenvalue weighted by molar-refractivity contribution is 5.47. The maximum absolute atomic E-state index is 10.8. The summed E-state index contributed by atoms with van der Waals surface area (Å²) in [7, 11) is 0. The predicted octanol–water partition coefficient (Wildman–Crippen LogP) is 2.41. The topological polar surface area (TPSA) is 64.4 Å². The zero-order valence-corrected chi connectivity index (χ0v) is 12.6. The van der Waals surface area contributed by atoms with Crippen LogP contribution in [0.15, 0.2) is 34.9 Å². The third-order valence-electron chi connectivity index (χ3n) is 3.06. The van der Waals surface area contributed by atoms with Crippen molar-refractivity contribution in [3.05, 3.63) is 47.7 Å². The van der Waals surface area contributed by atoms with E-state index in [0.29, 0.717) is 31.1 Å². The van der Waals surface area contributed by atoms with Gasteiger partial charge in [0.15, 0.2) is 0 Å². The van der Waals surface area contributed by atoms with Crippen molar-refractivity contribution in [2.24, 2.45) is 0 Å². The van der Waals surface area contributed by atoms with Crippen LogP contribution in [0.5, 0.6) is 5.75 Å². The minimum Gasteiger partial charge on any atom is -0.481 e. The first-order chi connectivity index (χ1) is 10.7. The van der Waals surface area contributed by atoms with Crippen molar-refractivity contribution in [1.29, 1.82) is 0 Å². The smallest absolute Gasteiger partial charge is 0.217 e. The molecule has 0 aliphatic carbocycles. The Balaban J connectivity index is 2.03. The van der Waals surface area contributed by atoms with E-state index in [9.17, 15) is 4.79 Å². The fourth-order valence-electron chi connectivity index (χ4n) is 1.98. The van der Waals surface area contributed by atoms with Crippen LogP contribution >= 0.6 is 0 Å². The number of nitrogens with zero attached hydrogens (tertiary/aromatic N) is 1. The van der Waals surface area contributed by atoms with E-state index in [1.54, 1.807) is 13.1 Å². The molecule has 1 aromatic carbocycles. The molecule has 22 heavy (non-hydrogen) atoms. The van der Waals surface area contributed by atoms with Gasteiger partial charge in [-0.25, -0.2) is 4.98 Å². The van der Waals surface area contributed by atoms with Gasteiger partial charge in [0.05, 0.1) is 6.20 Å². The average molecular weight is 298 g/mol. The molecule has 2 rings (SSSR count). The predicted molar refractivity (Wildman–Crippen MR) is 82.3 cm³/mol. The van der Waals surface area contributed by atoms with E-state index >= 15 is 0 Å². The van der Waals surface area contributed by atoms with Crippen molar-refractivity contribution >= 4 is 6.41 Å². The molecule has 2 aromatic rings.